The lowest BCUT2D eigenvalue weighted by atomic mass is 9.65. The highest BCUT2D eigenvalue weighted by atomic mass is 16.3. The quantitative estimate of drug-likeness (QED) is 0.840. The number of carbonyl (C=O) groups excluding carboxylic acids is 1. The van der Waals surface area contributed by atoms with Crippen molar-refractivity contribution in [3.05, 3.63) is 0 Å². The number of ketones is 1. The average molecular weight is 278 g/mol. The van der Waals surface area contributed by atoms with Gasteiger partial charge < -0.3 is 5.11 Å². The maximum atomic E-state index is 12.2. The Hall–Kier alpha value is -0.370. The van der Waals surface area contributed by atoms with E-state index in [9.17, 15) is 9.90 Å². The molecule has 0 heterocycles. The Bertz CT molecular complexity index is 332. The second-order valence-corrected chi connectivity index (χ2v) is 7.70. The lowest BCUT2D eigenvalue weighted by Crippen LogP contribution is -2.37. The molecule has 3 fully saturated rings. The van der Waals surface area contributed by atoms with Gasteiger partial charge in [-0.1, -0.05) is 32.1 Å². The Morgan fingerprint density at radius 2 is 1.60 bits per heavy atom. The van der Waals surface area contributed by atoms with Crippen molar-refractivity contribution in [1.29, 1.82) is 0 Å². The van der Waals surface area contributed by atoms with Crippen LogP contribution in [0.15, 0.2) is 0 Å². The Morgan fingerprint density at radius 1 is 0.850 bits per heavy atom. The van der Waals surface area contributed by atoms with E-state index in [-0.39, 0.29) is 6.10 Å². The van der Waals surface area contributed by atoms with Crippen LogP contribution in [0.5, 0.6) is 0 Å². The molecule has 20 heavy (non-hydrogen) atoms. The normalized spacial score (nSPS) is 38.6. The number of hydrogen-bond acceptors (Lipinski definition) is 2. The van der Waals surface area contributed by atoms with Crippen molar-refractivity contribution in [3.63, 3.8) is 0 Å². The molecule has 3 rings (SSSR count). The lowest BCUT2D eigenvalue weighted by Gasteiger charge is -2.42. The Kier molecular flexibility index (Phi) is 4.80. The van der Waals surface area contributed by atoms with Gasteiger partial charge in [-0.2, -0.15) is 0 Å². The molecule has 0 amide bonds. The smallest absolute Gasteiger partial charge is 0.133 e. The lowest BCUT2D eigenvalue weighted by molar-refractivity contribution is -0.121. The van der Waals surface area contributed by atoms with Crippen LogP contribution in [0.2, 0.25) is 0 Å². The van der Waals surface area contributed by atoms with Gasteiger partial charge in [0.1, 0.15) is 5.78 Å². The number of fused-ring (bicyclic) bond motifs is 1. The standard InChI is InChI=1S/C18H30O2/c19-16(10-13-4-1-2-5-13)11-14-8-9-15-6-3-7-18(20)17(15)12-14/h13-15,17-18,20H,1-12H2. The number of aliphatic hydroxyl groups is 1. The van der Waals surface area contributed by atoms with Gasteiger partial charge in [0, 0.05) is 12.8 Å². The molecular formula is C18H30O2. The summed E-state index contributed by atoms with van der Waals surface area (Å²) in [6.45, 7) is 0. The van der Waals surface area contributed by atoms with E-state index in [4.69, 9.17) is 0 Å². The summed E-state index contributed by atoms with van der Waals surface area (Å²) in [5.41, 5.74) is 0. The van der Waals surface area contributed by atoms with Crippen molar-refractivity contribution in [2.75, 3.05) is 0 Å². The van der Waals surface area contributed by atoms with E-state index in [1.165, 1.54) is 51.4 Å². The van der Waals surface area contributed by atoms with E-state index in [1.807, 2.05) is 0 Å². The third kappa shape index (κ3) is 3.44. The molecule has 0 aliphatic heterocycles. The first kappa shape index (κ1) is 14.6. The zero-order valence-corrected chi connectivity index (χ0v) is 12.7. The Morgan fingerprint density at radius 3 is 2.40 bits per heavy atom. The van der Waals surface area contributed by atoms with Crippen LogP contribution in [0, 0.1) is 23.7 Å². The minimum Gasteiger partial charge on any atom is -0.393 e. The number of hydrogen-bond donors (Lipinski definition) is 1. The van der Waals surface area contributed by atoms with E-state index in [0.29, 0.717) is 23.5 Å². The summed E-state index contributed by atoms with van der Waals surface area (Å²) in [7, 11) is 0. The van der Waals surface area contributed by atoms with Crippen molar-refractivity contribution in [3.8, 4) is 0 Å². The molecule has 0 saturated heterocycles. The minimum absolute atomic E-state index is 0.0820. The van der Waals surface area contributed by atoms with E-state index >= 15 is 0 Å². The largest absolute Gasteiger partial charge is 0.393 e. The van der Waals surface area contributed by atoms with E-state index in [2.05, 4.69) is 0 Å². The molecule has 114 valence electrons. The van der Waals surface area contributed by atoms with Crippen molar-refractivity contribution in [1.82, 2.24) is 0 Å². The van der Waals surface area contributed by atoms with Crippen molar-refractivity contribution < 1.29 is 9.90 Å². The van der Waals surface area contributed by atoms with Crippen LogP contribution < -0.4 is 0 Å². The average Bonchev–Trinajstić information content (AvgIpc) is 2.92. The molecule has 0 aromatic heterocycles. The molecule has 0 radical (unpaired) electrons. The van der Waals surface area contributed by atoms with Crippen molar-refractivity contribution >= 4 is 5.78 Å². The van der Waals surface area contributed by atoms with Crippen LogP contribution in [0.25, 0.3) is 0 Å². The van der Waals surface area contributed by atoms with Gasteiger partial charge in [0.25, 0.3) is 0 Å². The Balaban J connectivity index is 1.47. The van der Waals surface area contributed by atoms with Crippen LogP contribution in [-0.4, -0.2) is 17.0 Å². The first-order valence-electron chi connectivity index (χ1n) is 8.92. The van der Waals surface area contributed by atoms with Gasteiger partial charge >= 0.3 is 0 Å². The molecule has 0 aromatic carbocycles. The molecule has 0 aromatic rings. The summed E-state index contributed by atoms with van der Waals surface area (Å²) in [6, 6.07) is 0. The van der Waals surface area contributed by atoms with Crippen LogP contribution in [0.4, 0.5) is 0 Å². The van der Waals surface area contributed by atoms with Gasteiger partial charge in [0.2, 0.25) is 0 Å². The second kappa shape index (κ2) is 6.60. The highest BCUT2D eigenvalue weighted by Gasteiger charge is 2.37. The van der Waals surface area contributed by atoms with Crippen LogP contribution >= 0.6 is 0 Å². The fourth-order valence-electron chi connectivity index (χ4n) is 5.12. The van der Waals surface area contributed by atoms with Crippen molar-refractivity contribution in [2.45, 2.75) is 83.2 Å². The van der Waals surface area contributed by atoms with Gasteiger partial charge in [-0.05, 0) is 55.8 Å². The second-order valence-electron chi connectivity index (χ2n) is 7.70. The summed E-state index contributed by atoms with van der Waals surface area (Å²) >= 11 is 0. The van der Waals surface area contributed by atoms with E-state index in [0.717, 1.165) is 31.6 Å². The highest BCUT2D eigenvalue weighted by Crippen LogP contribution is 2.44. The molecule has 3 aliphatic carbocycles. The monoisotopic (exact) mass is 278 g/mol. The zero-order valence-electron chi connectivity index (χ0n) is 12.7. The molecule has 2 heteroatoms. The van der Waals surface area contributed by atoms with Gasteiger partial charge in [-0.3, -0.25) is 4.79 Å². The molecule has 2 nitrogen and oxygen atoms in total. The van der Waals surface area contributed by atoms with Crippen LogP contribution in [0.3, 0.4) is 0 Å². The first-order valence-corrected chi connectivity index (χ1v) is 8.92. The first-order chi connectivity index (χ1) is 9.72. The van der Waals surface area contributed by atoms with Crippen LogP contribution in [-0.2, 0) is 4.79 Å². The van der Waals surface area contributed by atoms with Crippen LogP contribution in [0.1, 0.15) is 77.0 Å². The fraction of sp³-hybridized carbons (Fsp3) is 0.944. The molecule has 3 saturated carbocycles. The predicted octanol–water partition coefficient (Wildman–Crippen LogP) is 4.10. The molecule has 0 bridgehead atoms. The molecule has 4 unspecified atom stereocenters. The molecule has 4 atom stereocenters. The maximum Gasteiger partial charge on any atom is 0.133 e. The molecule has 1 N–H and O–H groups in total. The molecular weight excluding hydrogens is 248 g/mol. The molecule has 0 spiro atoms. The summed E-state index contributed by atoms with van der Waals surface area (Å²) in [5, 5.41) is 10.2. The number of carbonyl (C=O) groups is 1. The summed E-state index contributed by atoms with van der Waals surface area (Å²) < 4.78 is 0. The third-order valence-electron chi connectivity index (χ3n) is 6.23. The predicted molar refractivity (Wildman–Crippen MR) is 80.4 cm³/mol. The summed E-state index contributed by atoms with van der Waals surface area (Å²) in [4.78, 5) is 12.2. The van der Waals surface area contributed by atoms with Gasteiger partial charge in [-0.25, -0.2) is 0 Å². The maximum absolute atomic E-state index is 12.2. The van der Waals surface area contributed by atoms with E-state index in [1.54, 1.807) is 0 Å². The van der Waals surface area contributed by atoms with Crippen molar-refractivity contribution in [2.24, 2.45) is 23.7 Å². The summed E-state index contributed by atoms with van der Waals surface area (Å²) in [5.74, 6) is 3.02. The SMILES string of the molecule is O=C(CC1CCCC1)CC1CCC2CCCC(O)C2C1. The third-order valence-corrected chi connectivity index (χ3v) is 6.23. The van der Waals surface area contributed by atoms with E-state index < -0.39 is 0 Å². The van der Waals surface area contributed by atoms with Gasteiger partial charge in [-0.15, -0.1) is 0 Å². The highest BCUT2D eigenvalue weighted by molar-refractivity contribution is 5.78. The fourth-order valence-corrected chi connectivity index (χ4v) is 5.12. The van der Waals surface area contributed by atoms with Gasteiger partial charge in [0.15, 0.2) is 0 Å². The topological polar surface area (TPSA) is 37.3 Å². The Labute approximate surface area is 123 Å². The van der Waals surface area contributed by atoms with Gasteiger partial charge in [0.05, 0.1) is 6.10 Å². The summed E-state index contributed by atoms with van der Waals surface area (Å²) in [6.07, 6.45) is 13.9. The number of Topliss-reactive ketones (excluding diaryl/α,β-unsaturated/α-hetero) is 1. The zero-order chi connectivity index (χ0) is 13.9. The minimum atomic E-state index is -0.0820. The molecule has 3 aliphatic rings. The number of aliphatic hydroxyl groups excluding tert-OH is 1. The number of rotatable bonds is 4.